The monoisotopic (exact) mass is 674 g/mol. The van der Waals surface area contributed by atoms with Crippen LogP contribution >= 0.6 is 0 Å². The number of amides is 4. The highest BCUT2D eigenvalue weighted by Crippen LogP contribution is 2.33. The van der Waals surface area contributed by atoms with Crippen LogP contribution in [0.2, 0.25) is 0 Å². The Morgan fingerprint density at radius 3 is 2.18 bits per heavy atom. The first-order valence-corrected chi connectivity index (χ1v) is 16.7. The zero-order valence-electron chi connectivity index (χ0n) is 29.3. The number of nitrogens with zero attached hydrogens (tertiary/aromatic N) is 3. The summed E-state index contributed by atoms with van der Waals surface area (Å²) in [5, 5.41) is 5.55. The molecule has 3 heterocycles. The van der Waals surface area contributed by atoms with Crippen LogP contribution < -0.4 is 10.6 Å². The summed E-state index contributed by atoms with van der Waals surface area (Å²) in [5.74, 6) is -0.508. The number of imidazole rings is 1. The maximum atomic E-state index is 13.2. The zero-order valence-corrected chi connectivity index (χ0v) is 29.3. The molecule has 0 saturated carbocycles. The largest absolute Gasteiger partial charge is 0.444 e. The number of ether oxygens (including phenoxy) is 2. The number of Topliss-reactive ketones (excluding diaryl/α,β-unsaturated/α-hetero) is 1. The number of hydrogen-bond acceptors (Lipinski definition) is 8. The van der Waals surface area contributed by atoms with Gasteiger partial charge >= 0.3 is 12.2 Å². The molecule has 3 aromatic rings. The van der Waals surface area contributed by atoms with Crippen LogP contribution in [0.3, 0.4) is 0 Å². The SMILES string of the molecule is Cc1ccc(C(=O)NCC(=O)c2ccc3nc([C@@H]4CCCN4C(=O)OC(C)(C)C)[nH]c3c2)cc1NC(=O)[C@@H]1CCCN1C(=O)OC(C)(C)C. The van der Waals surface area contributed by atoms with Gasteiger partial charge in [-0.25, -0.2) is 14.6 Å². The van der Waals surface area contributed by atoms with Gasteiger partial charge in [0.2, 0.25) is 5.91 Å². The standard InChI is InChI=1S/C36H46N6O7/c1-21-12-13-23(19-25(21)40-32(45)28-11-9-17-42(28)34(47)49-36(5,6)7)31(44)37-20-29(43)22-14-15-24-26(18-22)39-30(38-24)27-10-8-16-41(27)33(46)48-35(2,3)4/h12-15,18-19,27-28H,8-11,16-17,20H2,1-7H3,(H,37,44)(H,38,39)(H,40,45)/t27-,28-/m0/s1. The molecule has 2 saturated heterocycles. The molecule has 4 amide bonds. The maximum Gasteiger partial charge on any atom is 0.410 e. The number of anilines is 1. The van der Waals surface area contributed by atoms with E-state index in [1.165, 1.54) is 4.90 Å². The lowest BCUT2D eigenvalue weighted by molar-refractivity contribution is -0.120. The number of nitrogens with one attached hydrogen (secondary N) is 3. The summed E-state index contributed by atoms with van der Waals surface area (Å²) in [4.78, 5) is 76.0. The van der Waals surface area contributed by atoms with Gasteiger partial charge in [0.25, 0.3) is 5.91 Å². The fraction of sp³-hybridized carbons (Fsp3) is 0.500. The van der Waals surface area contributed by atoms with Gasteiger partial charge in [0, 0.05) is 29.9 Å². The van der Waals surface area contributed by atoms with Gasteiger partial charge in [-0.2, -0.15) is 0 Å². The van der Waals surface area contributed by atoms with Crippen LogP contribution in [0.15, 0.2) is 36.4 Å². The molecule has 13 nitrogen and oxygen atoms in total. The minimum absolute atomic E-state index is 0.247. The Kier molecular flexibility index (Phi) is 10.0. The Morgan fingerprint density at radius 1 is 0.857 bits per heavy atom. The van der Waals surface area contributed by atoms with Gasteiger partial charge in [-0.3, -0.25) is 24.2 Å². The third-order valence-corrected chi connectivity index (χ3v) is 8.37. The molecule has 3 N–H and O–H groups in total. The number of hydrogen-bond donors (Lipinski definition) is 3. The molecule has 262 valence electrons. The molecule has 0 aliphatic carbocycles. The lowest BCUT2D eigenvalue weighted by Gasteiger charge is -2.28. The number of H-pyrrole nitrogens is 1. The van der Waals surface area contributed by atoms with Gasteiger partial charge in [0.05, 0.1) is 23.6 Å². The van der Waals surface area contributed by atoms with E-state index < -0.39 is 29.2 Å². The molecule has 2 aliphatic heterocycles. The number of likely N-dealkylation sites (tertiary alicyclic amines) is 2. The molecule has 0 unspecified atom stereocenters. The number of aryl methyl sites for hydroxylation is 1. The van der Waals surface area contributed by atoms with Crippen LogP contribution in [0.5, 0.6) is 0 Å². The smallest absolute Gasteiger partial charge is 0.410 e. The molecule has 13 heteroatoms. The molecule has 49 heavy (non-hydrogen) atoms. The number of aromatic amines is 1. The molecule has 0 bridgehead atoms. The Hall–Kier alpha value is -4.94. The Morgan fingerprint density at radius 2 is 1.49 bits per heavy atom. The van der Waals surface area contributed by atoms with Crippen molar-refractivity contribution in [2.24, 2.45) is 0 Å². The van der Waals surface area contributed by atoms with E-state index in [-0.39, 0.29) is 35.9 Å². The average Bonchev–Trinajstić information content (AvgIpc) is 3.78. The quantitative estimate of drug-likeness (QED) is 0.261. The summed E-state index contributed by atoms with van der Waals surface area (Å²) >= 11 is 0. The van der Waals surface area contributed by atoms with Crippen molar-refractivity contribution in [2.75, 3.05) is 25.0 Å². The van der Waals surface area contributed by atoms with Crippen LogP contribution in [0.1, 0.15) is 105 Å². The van der Waals surface area contributed by atoms with Gasteiger partial charge in [-0.05, 0) is 110 Å². The fourth-order valence-corrected chi connectivity index (χ4v) is 6.01. The van der Waals surface area contributed by atoms with Crippen molar-refractivity contribution in [3.05, 3.63) is 58.9 Å². The van der Waals surface area contributed by atoms with Gasteiger partial charge in [0.1, 0.15) is 23.1 Å². The van der Waals surface area contributed by atoms with Crippen LogP contribution in [0, 0.1) is 6.92 Å². The van der Waals surface area contributed by atoms with E-state index in [9.17, 15) is 24.0 Å². The van der Waals surface area contributed by atoms with Gasteiger partial charge in [-0.1, -0.05) is 6.07 Å². The summed E-state index contributed by atoms with van der Waals surface area (Å²) in [5.41, 5.74) is 1.85. The molecule has 0 radical (unpaired) electrons. The van der Waals surface area contributed by atoms with Crippen LogP contribution in [0.25, 0.3) is 11.0 Å². The fourth-order valence-electron chi connectivity index (χ4n) is 6.01. The summed E-state index contributed by atoms with van der Waals surface area (Å²) in [7, 11) is 0. The zero-order chi connectivity index (χ0) is 35.7. The first kappa shape index (κ1) is 35.4. The van der Waals surface area contributed by atoms with Crippen molar-refractivity contribution in [2.45, 2.75) is 97.4 Å². The summed E-state index contributed by atoms with van der Waals surface area (Å²) in [6.45, 7) is 13.4. The lowest BCUT2D eigenvalue weighted by atomic mass is 10.1. The maximum absolute atomic E-state index is 13.2. The van der Waals surface area contributed by atoms with Crippen molar-refractivity contribution in [1.29, 1.82) is 0 Å². The van der Waals surface area contributed by atoms with Crippen molar-refractivity contribution in [3.8, 4) is 0 Å². The highest BCUT2D eigenvalue weighted by Gasteiger charge is 2.37. The molecular weight excluding hydrogens is 628 g/mol. The minimum atomic E-state index is -0.685. The second kappa shape index (κ2) is 13.9. The molecule has 0 spiro atoms. The summed E-state index contributed by atoms with van der Waals surface area (Å²) in [6.07, 6.45) is 1.82. The third kappa shape index (κ3) is 8.57. The number of aromatic nitrogens is 2. The third-order valence-electron chi connectivity index (χ3n) is 8.37. The van der Waals surface area contributed by atoms with E-state index in [2.05, 4.69) is 20.6 Å². The van der Waals surface area contributed by atoms with Gasteiger partial charge < -0.3 is 25.1 Å². The molecule has 2 fully saturated rings. The summed E-state index contributed by atoms with van der Waals surface area (Å²) in [6, 6.07) is 9.03. The number of ketones is 1. The highest BCUT2D eigenvalue weighted by molar-refractivity contribution is 6.04. The van der Waals surface area contributed by atoms with Crippen molar-refractivity contribution in [3.63, 3.8) is 0 Å². The molecular formula is C36H46N6O7. The van der Waals surface area contributed by atoms with E-state index in [0.717, 1.165) is 18.4 Å². The number of rotatable bonds is 7. The number of carbonyl (C=O) groups is 5. The van der Waals surface area contributed by atoms with Crippen LogP contribution in [-0.4, -0.2) is 86.4 Å². The van der Waals surface area contributed by atoms with Crippen LogP contribution in [0.4, 0.5) is 15.3 Å². The molecule has 2 atom stereocenters. The van der Waals surface area contributed by atoms with E-state index in [1.54, 1.807) is 69.0 Å². The number of carbonyl (C=O) groups excluding carboxylic acids is 5. The number of fused-ring (bicyclic) bond motifs is 1. The van der Waals surface area contributed by atoms with E-state index in [1.807, 2.05) is 20.8 Å². The topological polar surface area (TPSA) is 163 Å². The number of benzene rings is 2. The second-order valence-electron chi connectivity index (χ2n) is 14.6. The van der Waals surface area contributed by atoms with E-state index in [4.69, 9.17) is 9.47 Å². The second-order valence-corrected chi connectivity index (χ2v) is 14.6. The molecule has 2 aromatic carbocycles. The molecule has 2 aliphatic rings. The van der Waals surface area contributed by atoms with E-state index >= 15 is 0 Å². The van der Waals surface area contributed by atoms with Crippen molar-refractivity contribution >= 4 is 46.5 Å². The highest BCUT2D eigenvalue weighted by atomic mass is 16.6. The lowest BCUT2D eigenvalue weighted by Crippen LogP contribution is -2.45. The predicted octanol–water partition coefficient (Wildman–Crippen LogP) is 5.89. The van der Waals surface area contributed by atoms with E-state index in [0.29, 0.717) is 54.0 Å². The summed E-state index contributed by atoms with van der Waals surface area (Å²) < 4.78 is 11.1. The normalized spacial score (nSPS) is 18.0. The molecule has 5 rings (SSSR count). The Labute approximate surface area is 286 Å². The first-order chi connectivity index (χ1) is 23.0. The first-order valence-electron chi connectivity index (χ1n) is 16.7. The van der Waals surface area contributed by atoms with Gasteiger partial charge in [-0.15, -0.1) is 0 Å². The van der Waals surface area contributed by atoms with Gasteiger partial charge in [0.15, 0.2) is 5.78 Å². The Bertz CT molecular complexity index is 1770. The van der Waals surface area contributed by atoms with Crippen molar-refractivity contribution < 1.29 is 33.4 Å². The van der Waals surface area contributed by atoms with Crippen molar-refractivity contribution in [1.82, 2.24) is 25.1 Å². The molecule has 1 aromatic heterocycles. The van der Waals surface area contributed by atoms with Crippen LogP contribution in [-0.2, 0) is 14.3 Å². The Balaban J connectivity index is 1.20. The average molecular weight is 675 g/mol. The predicted molar refractivity (Wildman–Crippen MR) is 183 cm³/mol. The minimum Gasteiger partial charge on any atom is -0.444 e.